The van der Waals surface area contributed by atoms with Gasteiger partial charge in [0.25, 0.3) is 0 Å². The summed E-state index contributed by atoms with van der Waals surface area (Å²) >= 11 is 11.9. The number of nitrogens with two attached hydrogens (primary N) is 1. The molecule has 0 aliphatic carbocycles. The minimum Gasteiger partial charge on any atom is -0.438 e. The van der Waals surface area contributed by atoms with Crippen LogP contribution in [0.2, 0.25) is 10.0 Å². The van der Waals surface area contributed by atoms with Gasteiger partial charge < -0.3 is 10.2 Å². The SMILES string of the molecule is CCC(N)c1oc(-c2ccccc2C)nc1S(=O)(=O)c1ccc(Cl)c(Cl)c1. The summed E-state index contributed by atoms with van der Waals surface area (Å²) in [6, 6.07) is 10.9. The highest BCUT2D eigenvalue weighted by atomic mass is 35.5. The van der Waals surface area contributed by atoms with E-state index in [1.807, 2.05) is 38.1 Å². The average molecular weight is 425 g/mol. The Morgan fingerprint density at radius 3 is 2.48 bits per heavy atom. The molecule has 5 nitrogen and oxygen atoms in total. The van der Waals surface area contributed by atoms with Crippen LogP contribution in [0.1, 0.15) is 30.7 Å². The first-order valence-electron chi connectivity index (χ1n) is 8.28. The highest BCUT2D eigenvalue weighted by Gasteiger charge is 2.31. The molecule has 0 saturated carbocycles. The summed E-state index contributed by atoms with van der Waals surface area (Å²) in [6.45, 7) is 3.74. The van der Waals surface area contributed by atoms with Gasteiger partial charge in [0.2, 0.25) is 20.8 Å². The van der Waals surface area contributed by atoms with E-state index in [2.05, 4.69) is 4.98 Å². The van der Waals surface area contributed by atoms with Crippen molar-refractivity contribution >= 4 is 33.0 Å². The van der Waals surface area contributed by atoms with Crippen molar-refractivity contribution in [3.8, 4) is 11.5 Å². The monoisotopic (exact) mass is 424 g/mol. The highest BCUT2D eigenvalue weighted by molar-refractivity contribution is 7.91. The predicted molar refractivity (Wildman–Crippen MR) is 106 cm³/mol. The first kappa shape index (κ1) is 19.9. The minimum absolute atomic E-state index is 0.0221. The number of aromatic nitrogens is 1. The number of nitrogens with zero attached hydrogens (tertiary/aromatic N) is 1. The van der Waals surface area contributed by atoms with Gasteiger partial charge in [0.15, 0.2) is 5.76 Å². The van der Waals surface area contributed by atoms with Crippen LogP contribution in [0.5, 0.6) is 0 Å². The van der Waals surface area contributed by atoms with Crippen molar-refractivity contribution < 1.29 is 12.8 Å². The van der Waals surface area contributed by atoms with Crippen molar-refractivity contribution in [3.63, 3.8) is 0 Å². The lowest BCUT2D eigenvalue weighted by molar-refractivity contribution is 0.456. The second-order valence-corrected chi connectivity index (χ2v) is 8.78. The molecule has 2 N–H and O–H groups in total. The first-order chi connectivity index (χ1) is 12.8. The fourth-order valence-electron chi connectivity index (χ4n) is 2.61. The molecule has 142 valence electrons. The topological polar surface area (TPSA) is 86.2 Å². The number of aryl methyl sites for hydroxylation is 1. The zero-order valence-corrected chi connectivity index (χ0v) is 17.1. The van der Waals surface area contributed by atoms with E-state index in [9.17, 15) is 8.42 Å². The molecule has 1 heterocycles. The van der Waals surface area contributed by atoms with Gasteiger partial charge in [-0.2, -0.15) is 4.98 Å². The number of oxazole rings is 1. The van der Waals surface area contributed by atoms with Gasteiger partial charge >= 0.3 is 0 Å². The standard InChI is InChI=1S/C19H18Cl2N2O3S/c1-3-16(22)17-19(23-18(26-17)13-7-5-4-6-11(13)2)27(24,25)12-8-9-14(20)15(21)10-12/h4-10,16H,3,22H2,1-2H3. The molecule has 1 unspecified atom stereocenters. The van der Waals surface area contributed by atoms with E-state index in [1.54, 1.807) is 0 Å². The Kier molecular flexibility index (Phi) is 5.63. The zero-order chi connectivity index (χ0) is 19.8. The molecule has 0 fully saturated rings. The van der Waals surface area contributed by atoms with Crippen LogP contribution in [0.3, 0.4) is 0 Å². The number of halogens is 2. The van der Waals surface area contributed by atoms with E-state index >= 15 is 0 Å². The molecule has 27 heavy (non-hydrogen) atoms. The van der Waals surface area contributed by atoms with E-state index in [-0.39, 0.29) is 31.6 Å². The summed E-state index contributed by atoms with van der Waals surface area (Å²) in [6.07, 6.45) is 0.492. The molecule has 8 heteroatoms. The van der Waals surface area contributed by atoms with Crippen molar-refractivity contribution in [1.29, 1.82) is 0 Å². The smallest absolute Gasteiger partial charge is 0.227 e. The Balaban J connectivity index is 2.21. The fraction of sp³-hybridized carbons (Fsp3) is 0.211. The Bertz CT molecular complexity index is 1090. The van der Waals surface area contributed by atoms with Gasteiger partial charge in [-0.25, -0.2) is 8.42 Å². The third kappa shape index (κ3) is 3.75. The van der Waals surface area contributed by atoms with Gasteiger partial charge in [-0.3, -0.25) is 0 Å². The second kappa shape index (κ2) is 7.64. The second-order valence-electron chi connectivity index (χ2n) is 6.10. The van der Waals surface area contributed by atoms with Gasteiger partial charge in [-0.1, -0.05) is 48.3 Å². The molecule has 0 radical (unpaired) electrons. The lowest BCUT2D eigenvalue weighted by atomic mass is 10.1. The van der Waals surface area contributed by atoms with Crippen molar-refractivity contribution in [2.75, 3.05) is 0 Å². The van der Waals surface area contributed by atoms with Crippen LogP contribution in [0.15, 0.2) is 56.8 Å². The molecule has 0 aliphatic heterocycles. The van der Waals surface area contributed by atoms with Crippen LogP contribution in [-0.2, 0) is 9.84 Å². The summed E-state index contributed by atoms with van der Waals surface area (Å²) < 4.78 is 32.2. The van der Waals surface area contributed by atoms with Crippen molar-refractivity contribution in [2.24, 2.45) is 5.73 Å². The number of hydrogen-bond donors (Lipinski definition) is 1. The van der Waals surface area contributed by atoms with Crippen LogP contribution >= 0.6 is 23.2 Å². The number of benzene rings is 2. The van der Waals surface area contributed by atoms with Crippen molar-refractivity contribution in [3.05, 3.63) is 63.8 Å². The molecular formula is C19H18Cl2N2O3S. The van der Waals surface area contributed by atoms with E-state index < -0.39 is 15.9 Å². The Morgan fingerprint density at radius 1 is 1.15 bits per heavy atom. The Labute approximate surface area is 168 Å². The fourth-order valence-corrected chi connectivity index (χ4v) is 4.38. The molecule has 0 amide bonds. The maximum atomic E-state index is 13.2. The normalized spacial score (nSPS) is 12.9. The van der Waals surface area contributed by atoms with Crippen LogP contribution in [0, 0.1) is 6.92 Å². The summed E-state index contributed by atoms with van der Waals surface area (Å²) in [5.41, 5.74) is 7.73. The van der Waals surface area contributed by atoms with E-state index in [4.69, 9.17) is 33.4 Å². The molecule has 0 saturated heterocycles. The Hall–Kier alpha value is -1.86. The van der Waals surface area contributed by atoms with Crippen LogP contribution in [0.4, 0.5) is 0 Å². The molecule has 2 aromatic carbocycles. The molecule has 0 spiro atoms. The van der Waals surface area contributed by atoms with Crippen molar-refractivity contribution in [2.45, 2.75) is 36.2 Å². The maximum absolute atomic E-state index is 13.2. The first-order valence-corrected chi connectivity index (χ1v) is 10.5. The number of rotatable bonds is 5. The highest BCUT2D eigenvalue weighted by Crippen LogP contribution is 2.35. The quantitative estimate of drug-likeness (QED) is 0.607. The van der Waals surface area contributed by atoms with Gasteiger partial charge in [0.05, 0.1) is 21.0 Å². The molecule has 0 aliphatic rings. The molecule has 0 bridgehead atoms. The third-order valence-electron chi connectivity index (χ3n) is 4.23. The average Bonchev–Trinajstić information content (AvgIpc) is 3.09. The molecule has 3 aromatic rings. The maximum Gasteiger partial charge on any atom is 0.227 e. The summed E-state index contributed by atoms with van der Waals surface area (Å²) in [4.78, 5) is 4.28. The predicted octanol–water partition coefficient (Wildman–Crippen LogP) is 5.20. The van der Waals surface area contributed by atoms with Gasteiger partial charge in [0, 0.05) is 5.56 Å². The molecule has 1 atom stereocenters. The van der Waals surface area contributed by atoms with Crippen LogP contribution < -0.4 is 5.73 Å². The van der Waals surface area contributed by atoms with Crippen molar-refractivity contribution in [1.82, 2.24) is 4.98 Å². The lowest BCUT2D eigenvalue weighted by Crippen LogP contribution is -2.13. The third-order valence-corrected chi connectivity index (χ3v) is 6.64. The van der Waals surface area contributed by atoms with Crippen LogP contribution in [0.25, 0.3) is 11.5 Å². The summed E-state index contributed by atoms with van der Waals surface area (Å²) in [5, 5.41) is 0.206. The number of hydrogen-bond acceptors (Lipinski definition) is 5. The summed E-state index contributed by atoms with van der Waals surface area (Å²) in [5.74, 6) is 0.340. The van der Waals surface area contributed by atoms with Gasteiger partial charge in [-0.05, 0) is 43.2 Å². The van der Waals surface area contributed by atoms with Crippen LogP contribution in [-0.4, -0.2) is 13.4 Å². The zero-order valence-electron chi connectivity index (χ0n) is 14.7. The molecular weight excluding hydrogens is 407 g/mol. The lowest BCUT2D eigenvalue weighted by Gasteiger charge is -2.08. The van der Waals surface area contributed by atoms with E-state index in [0.29, 0.717) is 12.0 Å². The van der Waals surface area contributed by atoms with E-state index in [0.717, 1.165) is 5.56 Å². The number of sulfone groups is 1. The largest absolute Gasteiger partial charge is 0.438 e. The van der Waals surface area contributed by atoms with E-state index in [1.165, 1.54) is 18.2 Å². The summed E-state index contributed by atoms with van der Waals surface area (Å²) in [7, 11) is -3.99. The van der Waals surface area contributed by atoms with Gasteiger partial charge in [0.1, 0.15) is 0 Å². The molecule has 3 rings (SSSR count). The Morgan fingerprint density at radius 2 is 1.85 bits per heavy atom. The van der Waals surface area contributed by atoms with Gasteiger partial charge in [-0.15, -0.1) is 0 Å². The minimum atomic E-state index is -3.99. The molecule has 1 aromatic heterocycles.